The standard InChI is InChI=1S/C20H28OS/c1-4-14-9-13(3)10-15(5-2)19(14)20(21)16-11-17-7-6-8-18(12-16)22-17/h9-10,16-18H,4-8,11-12H2,1-3H3. The minimum atomic E-state index is 0.273. The van der Waals surface area contributed by atoms with Gasteiger partial charge in [0.05, 0.1) is 0 Å². The van der Waals surface area contributed by atoms with Gasteiger partial charge in [0.15, 0.2) is 5.78 Å². The molecule has 2 atom stereocenters. The molecule has 0 saturated carbocycles. The van der Waals surface area contributed by atoms with Crippen LogP contribution < -0.4 is 0 Å². The number of fused-ring (bicyclic) bond motifs is 2. The molecule has 2 fully saturated rings. The Morgan fingerprint density at radius 2 is 1.64 bits per heavy atom. The normalized spacial score (nSPS) is 27.7. The first-order valence-electron chi connectivity index (χ1n) is 8.94. The lowest BCUT2D eigenvalue weighted by atomic mass is 9.81. The largest absolute Gasteiger partial charge is 0.294 e. The highest BCUT2D eigenvalue weighted by molar-refractivity contribution is 8.00. The summed E-state index contributed by atoms with van der Waals surface area (Å²) in [6, 6.07) is 4.45. The molecular formula is C20H28OS. The maximum absolute atomic E-state index is 13.3. The van der Waals surface area contributed by atoms with Gasteiger partial charge >= 0.3 is 0 Å². The molecule has 2 bridgehead atoms. The summed E-state index contributed by atoms with van der Waals surface area (Å²) in [7, 11) is 0. The summed E-state index contributed by atoms with van der Waals surface area (Å²) in [5, 5.41) is 1.48. The fraction of sp³-hybridized carbons (Fsp3) is 0.650. The summed E-state index contributed by atoms with van der Waals surface area (Å²) in [6.07, 6.45) is 8.16. The summed E-state index contributed by atoms with van der Waals surface area (Å²) < 4.78 is 0. The zero-order valence-corrected chi connectivity index (χ0v) is 15.0. The van der Waals surface area contributed by atoms with E-state index in [0.717, 1.165) is 41.7 Å². The Kier molecular flexibility index (Phi) is 4.97. The fourth-order valence-electron chi connectivity index (χ4n) is 4.29. The van der Waals surface area contributed by atoms with E-state index in [2.05, 4.69) is 44.7 Å². The molecule has 0 N–H and O–H groups in total. The Morgan fingerprint density at radius 3 is 2.14 bits per heavy atom. The van der Waals surface area contributed by atoms with Crippen LogP contribution >= 0.6 is 11.8 Å². The average molecular weight is 317 g/mol. The van der Waals surface area contributed by atoms with Crippen LogP contribution in [0.25, 0.3) is 0 Å². The first-order chi connectivity index (χ1) is 10.6. The third-order valence-electron chi connectivity index (χ3n) is 5.36. The number of rotatable bonds is 4. The molecule has 0 aromatic heterocycles. The molecule has 2 saturated heterocycles. The lowest BCUT2D eigenvalue weighted by Crippen LogP contribution is -2.33. The second-order valence-corrected chi connectivity index (χ2v) is 8.61. The fourth-order valence-corrected chi connectivity index (χ4v) is 6.13. The Bertz CT molecular complexity index is 526. The molecule has 2 heterocycles. The number of carbonyl (C=O) groups is 1. The number of benzene rings is 1. The van der Waals surface area contributed by atoms with E-state index in [1.807, 2.05) is 0 Å². The molecular weight excluding hydrogens is 288 g/mol. The second-order valence-electron chi connectivity index (χ2n) is 7.01. The van der Waals surface area contributed by atoms with Crippen LogP contribution in [0.5, 0.6) is 0 Å². The summed E-state index contributed by atoms with van der Waals surface area (Å²) in [4.78, 5) is 13.3. The topological polar surface area (TPSA) is 17.1 Å². The van der Waals surface area contributed by atoms with Crippen molar-refractivity contribution in [3.05, 3.63) is 34.4 Å². The summed E-state index contributed by atoms with van der Waals surface area (Å²) in [6.45, 7) is 6.50. The molecule has 0 amide bonds. The minimum Gasteiger partial charge on any atom is -0.294 e. The number of thioether (sulfide) groups is 1. The molecule has 2 unspecified atom stereocenters. The van der Waals surface area contributed by atoms with E-state index in [0.29, 0.717) is 5.78 Å². The third kappa shape index (κ3) is 3.13. The van der Waals surface area contributed by atoms with Gasteiger partial charge < -0.3 is 0 Å². The van der Waals surface area contributed by atoms with Crippen molar-refractivity contribution in [2.45, 2.75) is 76.2 Å². The van der Waals surface area contributed by atoms with E-state index in [1.165, 1.54) is 36.0 Å². The van der Waals surface area contributed by atoms with Gasteiger partial charge in [0.2, 0.25) is 0 Å². The Morgan fingerprint density at radius 1 is 1.09 bits per heavy atom. The Balaban J connectivity index is 1.91. The molecule has 120 valence electrons. The number of carbonyl (C=O) groups excluding carboxylic acids is 1. The third-order valence-corrected chi connectivity index (χ3v) is 6.98. The van der Waals surface area contributed by atoms with Crippen LogP contribution in [0.3, 0.4) is 0 Å². The summed E-state index contributed by atoms with van der Waals surface area (Å²) in [5.74, 6) is 0.723. The van der Waals surface area contributed by atoms with Gasteiger partial charge in [-0.2, -0.15) is 11.8 Å². The molecule has 1 nitrogen and oxygen atoms in total. The molecule has 0 radical (unpaired) electrons. The van der Waals surface area contributed by atoms with Crippen LogP contribution in [0.4, 0.5) is 0 Å². The Hall–Kier alpha value is -0.760. The van der Waals surface area contributed by atoms with Crippen molar-refractivity contribution in [1.29, 1.82) is 0 Å². The van der Waals surface area contributed by atoms with Gasteiger partial charge in [-0.25, -0.2) is 0 Å². The highest BCUT2D eigenvalue weighted by Crippen LogP contribution is 2.45. The number of hydrogen-bond donors (Lipinski definition) is 0. The average Bonchev–Trinajstić information content (AvgIpc) is 2.52. The van der Waals surface area contributed by atoms with Crippen molar-refractivity contribution in [1.82, 2.24) is 0 Å². The zero-order valence-electron chi connectivity index (χ0n) is 14.2. The SMILES string of the molecule is CCc1cc(C)cc(CC)c1C(=O)C1CC2CCCC(C1)S2. The van der Waals surface area contributed by atoms with Crippen LogP contribution in [0.2, 0.25) is 0 Å². The van der Waals surface area contributed by atoms with Crippen molar-refractivity contribution in [3.8, 4) is 0 Å². The highest BCUT2D eigenvalue weighted by atomic mass is 32.2. The number of aryl methyl sites for hydroxylation is 3. The molecule has 1 aromatic rings. The zero-order chi connectivity index (χ0) is 15.7. The monoisotopic (exact) mass is 316 g/mol. The van der Waals surface area contributed by atoms with Crippen LogP contribution in [-0.4, -0.2) is 16.3 Å². The predicted octanol–water partition coefficient (Wildman–Crippen LogP) is 5.37. The van der Waals surface area contributed by atoms with Crippen LogP contribution in [0.15, 0.2) is 12.1 Å². The van der Waals surface area contributed by atoms with E-state index in [1.54, 1.807) is 0 Å². The second kappa shape index (κ2) is 6.78. The number of ketones is 1. The van der Waals surface area contributed by atoms with E-state index >= 15 is 0 Å². The molecule has 0 aliphatic carbocycles. The maximum Gasteiger partial charge on any atom is 0.166 e. The highest BCUT2D eigenvalue weighted by Gasteiger charge is 2.36. The van der Waals surface area contributed by atoms with Crippen molar-refractivity contribution in [2.75, 3.05) is 0 Å². The van der Waals surface area contributed by atoms with E-state index < -0.39 is 0 Å². The van der Waals surface area contributed by atoms with Crippen molar-refractivity contribution in [2.24, 2.45) is 5.92 Å². The van der Waals surface area contributed by atoms with Gasteiger partial charge in [-0.05, 0) is 56.6 Å². The van der Waals surface area contributed by atoms with Crippen molar-refractivity contribution < 1.29 is 4.79 Å². The molecule has 1 aromatic carbocycles. The minimum absolute atomic E-state index is 0.273. The van der Waals surface area contributed by atoms with Gasteiger partial charge in [-0.3, -0.25) is 4.79 Å². The quantitative estimate of drug-likeness (QED) is 0.695. The maximum atomic E-state index is 13.3. The van der Waals surface area contributed by atoms with Crippen molar-refractivity contribution >= 4 is 17.5 Å². The first-order valence-corrected chi connectivity index (χ1v) is 9.88. The smallest absolute Gasteiger partial charge is 0.166 e. The lowest BCUT2D eigenvalue weighted by Gasteiger charge is -2.38. The van der Waals surface area contributed by atoms with E-state index in [4.69, 9.17) is 0 Å². The van der Waals surface area contributed by atoms with Gasteiger partial charge in [0.1, 0.15) is 0 Å². The van der Waals surface area contributed by atoms with Gasteiger partial charge in [-0.15, -0.1) is 0 Å². The van der Waals surface area contributed by atoms with E-state index in [9.17, 15) is 4.79 Å². The van der Waals surface area contributed by atoms with Crippen molar-refractivity contribution in [3.63, 3.8) is 0 Å². The van der Waals surface area contributed by atoms with E-state index in [-0.39, 0.29) is 5.92 Å². The van der Waals surface area contributed by atoms with Crippen LogP contribution in [0, 0.1) is 12.8 Å². The first kappa shape index (κ1) is 16.1. The van der Waals surface area contributed by atoms with Gasteiger partial charge in [-0.1, -0.05) is 38.0 Å². The van der Waals surface area contributed by atoms with Crippen LogP contribution in [-0.2, 0) is 12.8 Å². The number of hydrogen-bond acceptors (Lipinski definition) is 2. The van der Waals surface area contributed by atoms with Gasteiger partial charge in [0, 0.05) is 22.0 Å². The lowest BCUT2D eigenvalue weighted by molar-refractivity contribution is 0.0895. The molecule has 2 aliphatic rings. The summed E-state index contributed by atoms with van der Waals surface area (Å²) in [5.41, 5.74) is 4.90. The molecule has 2 heteroatoms. The Labute approximate surface area is 139 Å². The van der Waals surface area contributed by atoms with Crippen LogP contribution in [0.1, 0.15) is 73.0 Å². The predicted molar refractivity (Wildman–Crippen MR) is 96.0 cm³/mol. The molecule has 3 rings (SSSR count). The molecule has 22 heavy (non-hydrogen) atoms. The van der Waals surface area contributed by atoms with Gasteiger partial charge in [0.25, 0.3) is 0 Å². The number of Topliss-reactive ketones (excluding diaryl/α,β-unsaturated/α-hetero) is 1. The molecule has 0 spiro atoms. The summed E-state index contributed by atoms with van der Waals surface area (Å²) >= 11 is 2.16. The molecule has 2 aliphatic heterocycles.